The number of aldehydes is 1. The number of aliphatic hydroxyl groups excluding tert-OH is 4. The van der Waals surface area contributed by atoms with Crippen molar-refractivity contribution in [2.75, 3.05) is 0 Å². The van der Waals surface area contributed by atoms with Crippen LogP contribution in [0.1, 0.15) is 104 Å². The van der Waals surface area contributed by atoms with E-state index >= 15 is 0 Å². The second-order valence-electron chi connectivity index (χ2n) is 18.8. The first-order valence-electron chi connectivity index (χ1n) is 20.1. The molecule has 6 aliphatic carbocycles. The molecule has 301 valence electrons. The number of carbonyl (C=O) groups is 1. The van der Waals surface area contributed by atoms with Crippen molar-refractivity contribution in [2.45, 2.75) is 167 Å². The molecular formula is C39H52BBrN7O7S. The zero-order valence-corrected chi connectivity index (χ0v) is 34.4. The Hall–Kier alpha value is -2.04. The van der Waals surface area contributed by atoms with Gasteiger partial charge in [-0.2, -0.15) is 0 Å². The van der Waals surface area contributed by atoms with Crippen LogP contribution in [-0.4, -0.2) is 98.1 Å². The summed E-state index contributed by atoms with van der Waals surface area (Å²) in [6, 6.07) is -1.04. The molecule has 10 aliphatic rings. The summed E-state index contributed by atoms with van der Waals surface area (Å²) in [6.45, 7) is 4.38. The first kappa shape index (κ1) is 40.7. The minimum absolute atomic E-state index is 0.0670. The Morgan fingerprint density at radius 2 is 1.50 bits per heavy atom. The number of fused-ring (bicyclic) bond motifs is 2. The van der Waals surface area contributed by atoms with E-state index in [1.54, 1.807) is 0 Å². The average Bonchev–Trinajstić information content (AvgIpc) is 3.88. The maximum absolute atomic E-state index is 12.6. The maximum atomic E-state index is 12.6. The molecule has 14 nitrogen and oxygen atoms in total. The van der Waals surface area contributed by atoms with Crippen molar-refractivity contribution in [3.05, 3.63) is 55.8 Å². The van der Waals surface area contributed by atoms with Gasteiger partial charge in [-0.3, -0.25) is 0 Å². The third-order valence-electron chi connectivity index (χ3n) is 16.8. The summed E-state index contributed by atoms with van der Waals surface area (Å²) in [5.74, 6) is 0.463. The number of halogens is 1. The van der Waals surface area contributed by atoms with Crippen LogP contribution in [0.3, 0.4) is 0 Å². The number of ether oxygens (including phenoxy) is 2. The third kappa shape index (κ3) is 5.41. The molecule has 2 saturated heterocycles. The van der Waals surface area contributed by atoms with Crippen LogP contribution >= 0.6 is 28.7 Å². The molecule has 4 heterocycles. The minimum atomic E-state index is -0.852. The van der Waals surface area contributed by atoms with E-state index in [1.165, 1.54) is 5.57 Å². The second kappa shape index (κ2) is 14.0. The summed E-state index contributed by atoms with van der Waals surface area (Å²) in [6.07, 6.45) is 16.2. The number of hydrogen-bond acceptors (Lipinski definition) is 11. The molecule has 56 heavy (non-hydrogen) atoms. The summed E-state index contributed by atoms with van der Waals surface area (Å²) in [5.41, 5.74) is 18.1. The normalized spacial score (nSPS) is 52.3. The van der Waals surface area contributed by atoms with Gasteiger partial charge in [0.2, 0.25) is 0 Å². The first-order chi connectivity index (χ1) is 26.6. The standard InChI is InChI=1S/C20H26BrN3O4.C19H25N3O3.BHNS/c1-17-4-5-18(10-25)8-11-15(21)16(27)12(23-24-22)9-19(11)6-7-20(18,28-19)13(17)2-3-14(17)26;1-17-5-4-11-8-12-9-14(23)13(21-22-20)10-18(12)6-7-19(11,25-18)15(17)2-3-16(17)24;1-2-3/h8,10,12-16,26-27H,2-7,9H2,1H3;8-9,13-16,23-24H,2-7,10H2,1H3;3H/t12-,13+,14-,15-,16+,17-,18+,19+,20-;13-,14-,15+,16-,17-,18+,19+;/m00./s1. The molecule has 16 atom stereocenters. The van der Waals surface area contributed by atoms with Crippen LogP contribution in [0.2, 0.25) is 0 Å². The van der Waals surface area contributed by atoms with Gasteiger partial charge in [0, 0.05) is 9.82 Å². The number of thiol groups is 1. The van der Waals surface area contributed by atoms with Crippen LogP contribution in [0.4, 0.5) is 0 Å². The molecule has 0 aromatic rings. The van der Waals surface area contributed by atoms with Gasteiger partial charge in [-0.1, -0.05) is 52.2 Å². The van der Waals surface area contributed by atoms with E-state index in [-0.39, 0.29) is 34.6 Å². The molecule has 4 bridgehead atoms. The van der Waals surface area contributed by atoms with Gasteiger partial charge in [0.25, 0.3) is 0 Å². The van der Waals surface area contributed by atoms with Gasteiger partial charge < -0.3 is 34.7 Å². The number of rotatable bonds is 3. The Morgan fingerprint density at radius 3 is 2.18 bits per heavy atom. The topological polar surface area (TPSA) is 226 Å². The van der Waals surface area contributed by atoms with Gasteiger partial charge in [0.05, 0.1) is 69.1 Å². The van der Waals surface area contributed by atoms with E-state index < -0.39 is 51.3 Å². The van der Waals surface area contributed by atoms with E-state index in [0.29, 0.717) is 25.2 Å². The van der Waals surface area contributed by atoms with Crippen LogP contribution in [0.25, 0.3) is 20.9 Å². The molecule has 0 aromatic heterocycles. The summed E-state index contributed by atoms with van der Waals surface area (Å²) >= 11 is 6.80. The summed E-state index contributed by atoms with van der Waals surface area (Å²) < 4.78 is 16.5. The fourth-order valence-electron chi connectivity index (χ4n) is 13.9. The van der Waals surface area contributed by atoms with Crippen LogP contribution in [0.5, 0.6) is 0 Å². The van der Waals surface area contributed by atoms with Gasteiger partial charge in [0.1, 0.15) is 6.29 Å². The van der Waals surface area contributed by atoms with Crippen LogP contribution in [0, 0.1) is 28.1 Å². The molecule has 17 heteroatoms. The SMILES string of the molecule is C[C@]12CCC3=CC4=C[C@H](O)[C@@H](N=[N+]=[N-])C[C@]45CC[C@]3(O5)[C@@H]1CC[C@@H]2O.C[C@]12CC[C@]3(C=O)C=C4[C@H](Br)[C@H](O)[C@@H](N=[N+]=[N-])C[C@]45CC[C@]3(O5)[C@@H]1CC[C@@H]2O.[B]=NS. The quantitative estimate of drug-likeness (QED) is 0.0309. The number of aliphatic hydroxyl groups is 4. The zero-order chi connectivity index (χ0) is 40.1. The fourth-order valence-corrected chi connectivity index (χ4v) is 14.8. The van der Waals surface area contributed by atoms with E-state index in [9.17, 15) is 25.2 Å². The van der Waals surface area contributed by atoms with Crippen molar-refractivity contribution in [1.29, 1.82) is 0 Å². The van der Waals surface area contributed by atoms with Crippen molar-refractivity contribution in [3.63, 3.8) is 0 Å². The van der Waals surface area contributed by atoms with Crippen LogP contribution in [-0.2, 0) is 14.3 Å². The molecule has 0 aromatic carbocycles. The molecule has 5 saturated carbocycles. The Morgan fingerprint density at radius 1 is 0.875 bits per heavy atom. The molecular weight excluding hydrogens is 801 g/mol. The van der Waals surface area contributed by atoms with E-state index in [1.807, 2.05) is 6.08 Å². The van der Waals surface area contributed by atoms with Crippen molar-refractivity contribution in [3.8, 4) is 0 Å². The summed E-state index contributed by atoms with van der Waals surface area (Å²) in [5, 5.41) is 50.0. The van der Waals surface area contributed by atoms with Gasteiger partial charge in [-0.25, -0.2) is 0 Å². The van der Waals surface area contributed by atoms with Crippen molar-refractivity contribution in [2.24, 2.45) is 42.6 Å². The van der Waals surface area contributed by atoms with E-state index in [4.69, 9.17) is 20.5 Å². The molecule has 0 unspecified atom stereocenters. The van der Waals surface area contributed by atoms with Gasteiger partial charge in [-0.05, 0) is 146 Å². The molecule has 10 rings (SSSR count). The van der Waals surface area contributed by atoms with Gasteiger partial charge >= 0.3 is 24.8 Å². The van der Waals surface area contributed by atoms with Crippen LogP contribution < -0.4 is 0 Å². The molecule has 4 aliphatic heterocycles. The van der Waals surface area contributed by atoms with Gasteiger partial charge in [-0.15, -0.1) is 0 Å². The van der Waals surface area contributed by atoms with Crippen molar-refractivity contribution in [1.82, 2.24) is 0 Å². The molecule has 1 radical (unpaired) electrons. The Balaban J connectivity index is 0.000000148. The van der Waals surface area contributed by atoms with Crippen molar-refractivity contribution < 1.29 is 34.7 Å². The van der Waals surface area contributed by atoms with Crippen LogP contribution in [0.15, 0.2) is 49.5 Å². The number of nitrogens with zero attached hydrogens (tertiary/aromatic N) is 7. The second-order valence-corrected chi connectivity index (χ2v) is 20.0. The number of azide groups is 2. The van der Waals surface area contributed by atoms with E-state index in [0.717, 1.165) is 88.1 Å². The van der Waals surface area contributed by atoms with Crippen molar-refractivity contribution >= 4 is 42.7 Å². The Bertz CT molecular complexity index is 1880. The number of carbonyl (C=O) groups excluding carboxylic acids is 1. The molecule has 7 fully saturated rings. The molecule has 4 N–H and O–H groups in total. The predicted octanol–water partition coefficient (Wildman–Crippen LogP) is 6.52. The molecule has 0 amide bonds. The van der Waals surface area contributed by atoms with Gasteiger partial charge in [0.15, 0.2) is 0 Å². The molecule has 4 spiro atoms. The Labute approximate surface area is 342 Å². The predicted molar refractivity (Wildman–Crippen MR) is 213 cm³/mol. The number of hydrogen-bond donors (Lipinski definition) is 5. The monoisotopic (exact) mass is 852 g/mol. The summed E-state index contributed by atoms with van der Waals surface area (Å²) in [4.78, 5) is 18.0. The third-order valence-corrected chi connectivity index (χ3v) is 17.8. The number of alkyl halides is 1. The Kier molecular flexibility index (Phi) is 10.2. The summed E-state index contributed by atoms with van der Waals surface area (Å²) in [7, 11) is 4.34. The first-order valence-corrected chi connectivity index (χ1v) is 21.5. The zero-order valence-electron chi connectivity index (χ0n) is 32.0. The van der Waals surface area contributed by atoms with E-state index in [2.05, 4.69) is 86.7 Å². The average molecular weight is 854 g/mol. The fraction of sp³-hybridized carbons (Fsp3) is 0.821.